The van der Waals surface area contributed by atoms with Crippen molar-refractivity contribution >= 4 is 10.8 Å². The molecule has 0 aliphatic carbocycles. The minimum atomic E-state index is 0.247. The summed E-state index contributed by atoms with van der Waals surface area (Å²) in [5.74, 6) is 6.39. The highest BCUT2D eigenvalue weighted by Gasteiger charge is 2.10. The SMILES string of the molecule is CC(C)CCC(NN)c1ccc2ccccc2c1. The highest BCUT2D eigenvalue weighted by atomic mass is 15.2. The standard InChI is InChI=1S/C16H22N2/c1-12(2)7-10-16(18-17)15-9-8-13-5-3-4-6-14(13)11-15/h3-6,8-9,11-12,16,18H,7,10,17H2,1-2H3. The molecule has 1 atom stereocenters. The fraction of sp³-hybridized carbons (Fsp3) is 0.375. The zero-order chi connectivity index (χ0) is 13.0. The van der Waals surface area contributed by atoms with Gasteiger partial charge in [-0.25, -0.2) is 0 Å². The first kappa shape index (κ1) is 13.1. The molecule has 0 amide bonds. The number of rotatable bonds is 5. The number of fused-ring (bicyclic) bond motifs is 1. The summed E-state index contributed by atoms with van der Waals surface area (Å²) < 4.78 is 0. The summed E-state index contributed by atoms with van der Waals surface area (Å²) in [5, 5.41) is 2.56. The Morgan fingerprint density at radius 3 is 2.39 bits per heavy atom. The molecule has 96 valence electrons. The molecule has 1 unspecified atom stereocenters. The summed E-state index contributed by atoms with van der Waals surface area (Å²) in [6, 6.07) is 15.3. The third-order valence-corrected chi connectivity index (χ3v) is 3.41. The zero-order valence-electron chi connectivity index (χ0n) is 11.2. The first-order valence-corrected chi connectivity index (χ1v) is 6.65. The molecule has 2 aromatic carbocycles. The summed E-state index contributed by atoms with van der Waals surface area (Å²) in [4.78, 5) is 0. The fourth-order valence-corrected chi connectivity index (χ4v) is 2.27. The lowest BCUT2D eigenvalue weighted by molar-refractivity contribution is 0.448. The molecule has 2 nitrogen and oxygen atoms in total. The van der Waals surface area contributed by atoms with Crippen molar-refractivity contribution in [3.05, 3.63) is 48.0 Å². The van der Waals surface area contributed by atoms with Gasteiger partial charge in [-0.15, -0.1) is 0 Å². The average molecular weight is 242 g/mol. The van der Waals surface area contributed by atoms with E-state index in [1.165, 1.54) is 22.8 Å². The molecule has 2 aromatic rings. The minimum absolute atomic E-state index is 0.247. The van der Waals surface area contributed by atoms with Crippen molar-refractivity contribution in [3.8, 4) is 0 Å². The van der Waals surface area contributed by atoms with Gasteiger partial charge in [-0.05, 0) is 41.2 Å². The Kier molecular flexibility index (Phi) is 4.34. The molecule has 0 aromatic heterocycles. The molecule has 18 heavy (non-hydrogen) atoms. The highest BCUT2D eigenvalue weighted by Crippen LogP contribution is 2.24. The van der Waals surface area contributed by atoms with Gasteiger partial charge in [0.2, 0.25) is 0 Å². The van der Waals surface area contributed by atoms with Crippen LogP contribution in [0.3, 0.4) is 0 Å². The van der Waals surface area contributed by atoms with Gasteiger partial charge < -0.3 is 0 Å². The van der Waals surface area contributed by atoms with Crippen LogP contribution in [0, 0.1) is 5.92 Å². The molecule has 0 radical (unpaired) electrons. The number of nitrogens with one attached hydrogen (secondary N) is 1. The third-order valence-electron chi connectivity index (χ3n) is 3.41. The van der Waals surface area contributed by atoms with Gasteiger partial charge in [0.15, 0.2) is 0 Å². The molecule has 3 N–H and O–H groups in total. The van der Waals surface area contributed by atoms with E-state index in [9.17, 15) is 0 Å². The Labute approximate surface area is 109 Å². The van der Waals surface area contributed by atoms with Gasteiger partial charge >= 0.3 is 0 Å². The van der Waals surface area contributed by atoms with E-state index in [4.69, 9.17) is 5.84 Å². The second-order valence-corrected chi connectivity index (χ2v) is 5.30. The summed E-state index contributed by atoms with van der Waals surface area (Å²) in [5.41, 5.74) is 4.21. The molecule has 0 aliphatic rings. The first-order chi connectivity index (χ1) is 8.70. The Morgan fingerprint density at radius 2 is 1.72 bits per heavy atom. The number of nitrogens with two attached hydrogens (primary N) is 1. The van der Waals surface area contributed by atoms with Gasteiger partial charge in [0.05, 0.1) is 0 Å². The van der Waals surface area contributed by atoms with E-state index in [0.717, 1.165) is 6.42 Å². The normalized spacial score (nSPS) is 13.1. The lowest BCUT2D eigenvalue weighted by atomic mass is 9.96. The second-order valence-electron chi connectivity index (χ2n) is 5.30. The van der Waals surface area contributed by atoms with Crippen LogP contribution in [0.15, 0.2) is 42.5 Å². The topological polar surface area (TPSA) is 38.0 Å². The summed E-state index contributed by atoms with van der Waals surface area (Å²) in [6.45, 7) is 4.49. The van der Waals surface area contributed by atoms with Crippen LogP contribution in [-0.2, 0) is 0 Å². The molecular weight excluding hydrogens is 220 g/mol. The van der Waals surface area contributed by atoms with Crippen molar-refractivity contribution in [3.63, 3.8) is 0 Å². The van der Waals surface area contributed by atoms with Crippen LogP contribution in [0.25, 0.3) is 10.8 Å². The van der Waals surface area contributed by atoms with Crippen LogP contribution in [0.4, 0.5) is 0 Å². The maximum atomic E-state index is 5.69. The molecule has 0 heterocycles. The predicted octanol–water partition coefficient (Wildman–Crippen LogP) is 3.78. The third kappa shape index (κ3) is 3.09. The van der Waals surface area contributed by atoms with Crippen LogP contribution in [0.2, 0.25) is 0 Å². The van der Waals surface area contributed by atoms with Crippen LogP contribution >= 0.6 is 0 Å². The first-order valence-electron chi connectivity index (χ1n) is 6.65. The molecule has 0 bridgehead atoms. The van der Waals surface area contributed by atoms with Gasteiger partial charge in [-0.2, -0.15) is 0 Å². The average Bonchev–Trinajstić information content (AvgIpc) is 2.39. The zero-order valence-corrected chi connectivity index (χ0v) is 11.2. The van der Waals surface area contributed by atoms with Gasteiger partial charge in [0, 0.05) is 6.04 Å². The number of hydrogen-bond acceptors (Lipinski definition) is 2. The van der Waals surface area contributed by atoms with E-state index < -0.39 is 0 Å². The summed E-state index contributed by atoms with van der Waals surface area (Å²) in [7, 11) is 0. The van der Waals surface area contributed by atoms with E-state index in [1.807, 2.05) is 0 Å². The van der Waals surface area contributed by atoms with Gasteiger partial charge in [0.1, 0.15) is 0 Å². The van der Waals surface area contributed by atoms with Crippen molar-refractivity contribution < 1.29 is 0 Å². The van der Waals surface area contributed by atoms with E-state index in [2.05, 4.69) is 61.7 Å². The quantitative estimate of drug-likeness (QED) is 0.618. The van der Waals surface area contributed by atoms with Gasteiger partial charge in [-0.1, -0.05) is 50.2 Å². The summed E-state index contributed by atoms with van der Waals surface area (Å²) >= 11 is 0. The molecule has 2 heteroatoms. The van der Waals surface area contributed by atoms with Crippen LogP contribution in [0.5, 0.6) is 0 Å². The van der Waals surface area contributed by atoms with Crippen molar-refractivity contribution in [1.29, 1.82) is 0 Å². The highest BCUT2D eigenvalue weighted by molar-refractivity contribution is 5.83. The van der Waals surface area contributed by atoms with Crippen LogP contribution in [-0.4, -0.2) is 0 Å². The lowest BCUT2D eigenvalue weighted by Gasteiger charge is -2.18. The lowest BCUT2D eigenvalue weighted by Crippen LogP contribution is -2.28. The molecular formula is C16H22N2. The molecule has 0 aliphatic heterocycles. The summed E-state index contributed by atoms with van der Waals surface area (Å²) in [6.07, 6.45) is 2.26. The van der Waals surface area contributed by atoms with Crippen molar-refractivity contribution in [2.75, 3.05) is 0 Å². The minimum Gasteiger partial charge on any atom is -0.271 e. The Hall–Kier alpha value is -1.38. The van der Waals surface area contributed by atoms with Crippen LogP contribution < -0.4 is 11.3 Å². The van der Waals surface area contributed by atoms with E-state index in [1.54, 1.807) is 0 Å². The number of hydrazine groups is 1. The van der Waals surface area contributed by atoms with E-state index in [0.29, 0.717) is 5.92 Å². The van der Waals surface area contributed by atoms with Crippen molar-refractivity contribution in [2.45, 2.75) is 32.7 Å². The maximum Gasteiger partial charge on any atom is 0.0460 e. The van der Waals surface area contributed by atoms with Crippen molar-refractivity contribution in [1.82, 2.24) is 5.43 Å². The molecule has 0 saturated carbocycles. The number of benzene rings is 2. The predicted molar refractivity (Wildman–Crippen MR) is 78.1 cm³/mol. The Bertz CT molecular complexity index is 505. The van der Waals surface area contributed by atoms with E-state index >= 15 is 0 Å². The van der Waals surface area contributed by atoms with Crippen LogP contribution in [0.1, 0.15) is 38.3 Å². The van der Waals surface area contributed by atoms with Crippen molar-refractivity contribution in [2.24, 2.45) is 11.8 Å². The maximum absolute atomic E-state index is 5.69. The Morgan fingerprint density at radius 1 is 1.00 bits per heavy atom. The molecule has 0 fully saturated rings. The number of hydrogen-bond donors (Lipinski definition) is 2. The molecule has 2 rings (SSSR count). The smallest absolute Gasteiger partial charge is 0.0460 e. The molecule has 0 saturated heterocycles. The molecule has 0 spiro atoms. The Balaban J connectivity index is 2.22. The second kappa shape index (κ2) is 5.98. The van der Waals surface area contributed by atoms with Gasteiger partial charge in [0.25, 0.3) is 0 Å². The van der Waals surface area contributed by atoms with E-state index in [-0.39, 0.29) is 6.04 Å². The fourth-order valence-electron chi connectivity index (χ4n) is 2.27. The largest absolute Gasteiger partial charge is 0.271 e. The monoisotopic (exact) mass is 242 g/mol. The van der Waals surface area contributed by atoms with Gasteiger partial charge in [-0.3, -0.25) is 11.3 Å².